The third kappa shape index (κ3) is 4.85. The third-order valence-electron chi connectivity index (χ3n) is 2.29. The van der Waals surface area contributed by atoms with Crippen molar-refractivity contribution in [3.05, 3.63) is 29.3 Å². The molecule has 0 atom stereocenters. The molecule has 4 nitrogen and oxygen atoms in total. The van der Waals surface area contributed by atoms with Crippen LogP contribution in [0.2, 0.25) is 0 Å². The second-order valence-electron chi connectivity index (χ2n) is 3.69. The highest BCUT2D eigenvalue weighted by molar-refractivity contribution is 5.58. The Labute approximate surface area is 102 Å². The topological polar surface area (TPSA) is 54.3 Å². The summed E-state index contributed by atoms with van der Waals surface area (Å²) in [6, 6.07) is 7.94. The SMILES string of the molecule is COCCOCCNc1ccc(C)cc1C#N. The Morgan fingerprint density at radius 1 is 1.29 bits per heavy atom. The quantitative estimate of drug-likeness (QED) is 0.732. The van der Waals surface area contributed by atoms with E-state index in [4.69, 9.17) is 14.7 Å². The normalized spacial score (nSPS) is 9.94. The maximum absolute atomic E-state index is 8.98. The van der Waals surface area contributed by atoms with Gasteiger partial charge in [-0.05, 0) is 24.6 Å². The van der Waals surface area contributed by atoms with E-state index in [0.717, 1.165) is 11.3 Å². The molecule has 0 heterocycles. The molecule has 0 aliphatic rings. The number of nitriles is 1. The fraction of sp³-hybridized carbons (Fsp3) is 0.462. The average Bonchev–Trinajstić information content (AvgIpc) is 2.35. The van der Waals surface area contributed by atoms with Crippen LogP contribution >= 0.6 is 0 Å². The van der Waals surface area contributed by atoms with Gasteiger partial charge in [-0.25, -0.2) is 0 Å². The molecule has 0 radical (unpaired) electrons. The Hall–Kier alpha value is -1.57. The number of methoxy groups -OCH3 is 1. The Bertz CT molecular complexity index is 385. The van der Waals surface area contributed by atoms with Gasteiger partial charge in [0.05, 0.1) is 31.1 Å². The van der Waals surface area contributed by atoms with Crippen LogP contribution < -0.4 is 5.32 Å². The van der Waals surface area contributed by atoms with E-state index in [1.807, 2.05) is 25.1 Å². The van der Waals surface area contributed by atoms with E-state index in [0.29, 0.717) is 31.9 Å². The average molecular weight is 234 g/mol. The number of nitrogens with zero attached hydrogens (tertiary/aromatic N) is 1. The molecule has 0 unspecified atom stereocenters. The number of nitrogens with one attached hydrogen (secondary N) is 1. The lowest BCUT2D eigenvalue weighted by Gasteiger charge is -2.09. The highest BCUT2D eigenvalue weighted by Crippen LogP contribution is 2.15. The van der Waals surface area contributed by atoms with E-state index in [9.17, 15) is 0 Å². The molecule has 0 saturated carbocycles. The minimum atomic E-state index is 0.594. The minimum Gasteiger partial charge on any atom is -0.382 e. The van der Waals surface area contributed by atoms with E-state index in [1.165, 1.54) is 0 Å². The molecule has 0 bridgehead atoms. The molecule has 0 fully saturated rings. The van der Waals surface area contributed by atoms with Gasteiger partial charge >= 0.3 is 0 Å². The van der Waals surface area contributed by atoms with Crippen LogP contribution in [0.5, 0.6) is 0 Å². The van der Waals surface area contributed by atoms with Crippen LogP contribution in [-0.4, -0.2) is 33.5 Å². The number of hydrogen-bond acceptors (Lipinski definition) is 4. The second-order valence-corrected chi connectivity index (χ2v) is 3.69. The predicted octanol–water partition coefficient (Wildman–Crippen LogP) is 1.94. The fourth-order valence-electron chi connectivity index (χ4n) is 1.41. The van der Waals surface area contributed by atoms with Crippen LogP contribution in [0.15, 0.2) is 18.2 Å². The lowest BCUT2D eigenvalue weighted by molar-refractivity contribution is 0.0759. The van der Waals surface area contributed by atoms with E-state index < -0.39 is 0 Å². The predicted molar refractivity (Wildman–Crippen MR) is 67.1 cm³/mol. The number of hydrogen-bond donors (Lipinski definition) is 1. The van der Waals surface area contributed by atoms with E-state index in [-0.39, 0.29) is 0 Å². The molecule has 1 aromatic carbocycles. The molecular weight excluding hydrogens is 216 g/mol. The molecule has 1 N–H and O–H groups in total. The van der Waals surface area contributed by atoms with Crippen molar-refractivity contribution in [3.63, 3.8) is 0 Å². The van der Waals surface area contributed by atoms with Crippen LogP contribution in [0.25, 0.3) is 0 Å². The first-order chi connectivity index (χ1) is 8.27. The number of anilines is 1. The molecule has 0 aliphatic carbocycles. The molecule has 0 aromatic heterocycles. The van der Waals surface area contributed by atoms with Gasteiger partial charge in [-0.3, -0.25) is 0 Å². The zero-order valence-corrected chi connectivity index (χ0v) is 10.3. The summed E-state index contributed by atoms with van der Waals surface area (Å²) in [5.74, 6) is 0. The molecular formula is C13H18N2O2. The van der Waals surface area contributed by atoms with Gasteiger partial charge in [-0.15, -0.1) is 0 Å². The summed E-state index contributed by atoms with van der Waals surface area (Å²) in [5.41, 5.74) is 2.61. The molecule has 0 aliphatic heterocycles. The Kier molecular flexibility index (Phi) is 6.08. The highest BCUT2D eigenvalue weighted by atomic mass is 16.5. The molecule has 0 amide bonds. The Morgan fingerprint density at radius 2 is 2.12 bits per heavy atom. The monoisotopic (exact) mass is 234 g/mol. The van der Waals surface area contributed by atoms with Gasteiger partial charge in [-0.1, -0.05) is 6.07 Å². The van der Waals surface area contributed by atoms with E-state index in [2.05, 4.69) is 11.4 Å². The molecule has 4 heteroatoms. The van der Waals surface area contributed by atoms with Gasteiger partial charge in [0, 0.05) is 13.7 Å². The van der Waals surface area contributed by atoms with Crippen molar-refractivity contribution in [1.82, 2.24) is 0 Å². The minimum absolute atomic E-state index is 0.594. The summed E-state index contributed by atoms with van der Waals surface area (Å²) in [7, 11) is 1.65. The first-order valence-corrected chi connectivity index (χ1v) is 5.59. The lowest BCUT2D eigenvalue weighted by Crippen LogP contribution is -2.12. The van der Waals surface area contributed by atoms with Gasteiger partial charge in [0.25, 0.3) is 0 Å². The van der Waals surface area contributed by atoms with Crippen molar-refractivity contribution in [3.8, 4) is 6.07 Å². The van der Waals surface area contributed by atoms with Crippen molar-refractivity contribution < 1.29 is 9.47 Å². The lowest BCUT2D eigenvalue weighted by atomic mass is 10.1. The smallest absolute Gasteiger partial charge is 0.101 e. The van der Waals surface area contributed by atoms with Crippen molar-refractivity contribution in [2.24, 2.45) is 0 Å². The summed E-state index contributed by atoms with van der Waals surface area (Å²) < 4.78 is 10.2. The second kappa shape index (κ2) is 7.66. The zero-order valence-electron chi connectivity index (χ0n) is 10.3. The summed E-state index contributed by atoms with van der Waals surface area (Å²) in [6.07, 6.45) is 0. The van der Waals surface area contributed by atoms with E-state index >= 15 is 0 Å². The molecule has 92 valence electrons. The molecule has 1 rings (SSSR count). The molecule has 0 spiro atoms. The van der Waals surface area contributed by atoms with Gasteiger partial charge in [0.2, 0.25) is 0 Å². The van der Waals surface area contributed by atoms with Crippen LogP contribution in [0.4, 0.5) is 5.69 Å². The molecule has 0 saturated heterocycles. The zero-order chi connectivity index (χ0) is 12.5. The van der Waals surface area contributed by atoms with Gasteiger partial charge in [-0.2, -0.15) is 5.26 Å². The van der Waals surface area contributed by atoms with Crippen LogP contribution in [0.1, 0.15) is 11.1 Å². The van der Waals surface area contributed by atoms with Crippen LogP contribution in [0.3, 0.4) is 0 Å². The first kappa shape index (κ1) is 13.5. The standard InChI is InChI=1S/C13H18N2O2/c1-11-3-4-13(12(9-11)10-14)15-5-6-17-8-7-16-2/h3-4,9,15H,5-8H2,1-2H3. The fourth-order valence-corrected chi connectivity index (χ4v) is 1.41. The maximum atomic E-state index is 8.98. The summed E-state index contributed by atoms with van der Waals surface area (Å²) >= 11 is 0. The van der Waals surface area contributed by atoms with Crippen molar-refractivity contribution in [1.29, 1.82) is 5.26 Å². The largest absolute Gasteiger partial charge is 0.382 e. The van der Waals surface area contributed by atoms with Crippen molar-refractivity contribution >= 4 is 5.69 Å². The van der Waals surface area contributed by atoms with Gasteiger partial charge in [0.15, 0.2) is 0 Å². The van der Waals surface area contributed by atoms with Crippen molar-refractivity contribution in [2.75, 3.05) is 38.8 Å². The molecule has 17 heavy (non-hydrogen) atoms. The summed E-state index contributed by atoms with van der Waals surface area (Å²) in [5, 5.41) is 12.2. The number of rotatable bonds is 7. The number of benzene rings is 1. The summed E-state index contributed by atoms with van der Waals surface area (Å²) in [4.78, 5) is 0. The van der Waals surface area contributed by atoms with Gasteiger partial charge < -0.3 is 14.8 Å². The van der Waals surface area contributed by atoms with Crippen molar-refractivity contribution in [2.45, 2.75) is 6.92 Å². The number of ether oxygens (including phenoxy) is 2. The number of aryl methyl sites for hydroxylation is 1. The van der Waals surface area contributed by atoms with E-state index in [1.54, 1.807) is 7.11 Å². The van der Waals surface area contributed by atoms with Crippen LogP contribution in [0, 0.1) is 18.3 Å². The summed E-state index contributed by atoms with van der Waals surface area (Å²) in [6.45, 7) is 4.45. The molecule has 1 aromatic rings. The first-order valence-electron chi connectivity index (χ1n) is 5.59. The Morgan fingerprint density at radius 3 is 2.82 bits per heavy atom. The Balaban J connectivity index is 2.34. The third-order valence-corrected chi connectivity index (χ3v) is 2.29. The highest BCUT2D eigenvalue weighted by Gasteiger charge is 2.00. The maximum Gasteiger partial charge on any atom is 0.101 e. The van der Waals surface area contributed by atoms with Gasteiger partial charge in [0.1, 0.15) is 6.07 Å². The van der Waals surface area contributed by atoms with Crippen LogP contribution in [-0.2, 0) is 9.47 Å².